The zero-order valence-corrected chi connectivity index (χ0v) is 13.3. The van der Waals surface area contributed by atoms with Crippen molar-refractivity contribution in [1.29, 1.82) is 0 Å². The van der Waals surface area contributed by atoms with Crippen LogP contribution in [-0.2, 0) is 9.53 Å². The number of rotatable bonds is 3. The predicted molar refractivity (Wildman–Crippen MR) is 76.9 cm³/mol. The molecule has 0 heterocycles. The summed E-state index contributed by atoms with van der Waals surface area (Å²) in [6, 6.07) is 0.453. The summed E-state index contributed by atoms with van der Waals surface area (Å²) in [4.78, 5) is 11.8. The minimum Gasteiger partial charge on any atom is -0.459 e. The smallest absolute Gasteiger partial charge is 0.320 e. The van der Waals surface area contributed by atoms with Crippen LogP contribution in [-0.4, -0.2) is 24.2 Å². The van der Waals surface area contributed by atoms with E-state index in [0.29, 0.717) is 23.4 Å². The van der Waals surface area contributed by atoms with Gasteiger partial charge in [0.05, 0.1) is 6.54 Å². The summed E-state index contributed by atoms with van der Waals surface area (Å²) >= 11 is 0. The Hall–Kier alpha value is -0.570. The topological polar surface area (TPSA) is 38.3 Å². The van der Waals surface area contributed by atoms with Gasteiger partial charge >= 0.3 is 5.97 Å². The van der Waals surface area contributed by atoms with E-state index in [9.17, 15) is 4.79 Å². The van der Waals surface area contributed by atoms with E-state index < -0.39 is 5.60 Å². The number of esters is 1. The summed E-state index contributed by atoms with van der Waals surface area (Å²) in [6.45, 7) is 13.2. The van der Waals surface area contributed by atoms with E-state index in [2.05, 4.69) is 26.1 Å². The van der Waals surface area contributed by atoms with Crippen LogP contribution < -0.4 is 5.32 Å². The first kappa shape index (κ1) is 14.8. The average Bonchev–Trinajstić information content (AvgIpc) is 2.56. The van der Waals surface area contributed by atoms with Gasteiger partial charge in [-0.05, 0) is 56.8 Å². The van der Waals surface area contributed by atoms with Crippen LogP contribution >= 0.6 is 0 Å². The van der Waals surface area contributed by atoms with Crippen LogP contribution in [0.15, 0.2) is 0 Å². The van der Waals surface area contributed by atoms with E-state index in [1.165, 1.54) is 19.3 Å². The molecule has 0 aromatic heterocycles. The van der Waals surface area contributed by atoms with Gasteiger partial charge in [0, 0.05) is 6.04 Å². The Morgan fingerprint density at radius 3 is 2.37 bits per heavy atom. The number of carbonyl (C=O) groups is 1. The van der Waals surface area contributed by atoms with E-state index >= 15 is 0 Å². The molecule has 0 spiro atoms. The lowest BCUT2D eigenvalue weighted by atomic mass is 9.69. The van der Waals surface area contributed by atoms with Gasteiger partial charge in [-0.25, -0.2) is 0 Å². The molecule has 0 saturated heterocycles. The van der Waals surface area contributed by atoms with Gasteiger partial charge < -0.3 is 10.1 Å². The zero-order chi connectivity index (χ0) is 14.5. The average molecular weight is 267 g/mol. The van der Waals surface area contributed by atoms with E-state index in [0.717, 1.165) is 5.92 Å². The molecule has 1 N–H and O–H groups in total. The largest absolute Gasteiger partial charge is 0.459 e. The summed E-state index contributed by atoms with van der Waals surface area (Å²) in [6.07, 6.45) is 3.82. The molecule has 2 aliphatic rings. The molecule has 19 heavy (non-hydrogen) atoms. The van der Waals surface area contributed by atoms with Crippen molar-refractivity contribution in [3.8, 4) is 0 Å². The third-order valence-electron chi connectivity index (χ3n) is 5.71. The Balaban J connectivity index is 1.91. The highest BCUT2D eigenvalue weighted by molar-refractivity contribution is 5.72. The van der Waals surface area contributed by atoms with Crippen molar-refractivity contribution in [2.75, 3.05) is 6.54 Å². The first-order chi connectivity index (χ1) is 8.56. The molecule has 2 saturated carbocycles. The quantitative estimate of drug-likeness (QED) is 0.798. The summed E-state index contributed by atoms with van der Waals surface area (Å²) in [7, 11) is 0. The molecule has 3 nitrogen and oxygen atoms in total. The molecule has 3 atom stereocenters. The molecular formula is C16H29NO2. The van der Waals surface area contributed by atoms with Gasteiger partial charge in [-0.15, -0.1) is 0 Å². The van der Waals surface area contributed by atoms with Gasteiger partial charge in [0.1, 0.15) is 5.60 Å². The van der Waals surface area contributed by atoms with Crippen LogP contribution in [0.1, 0.15) is 60.8 Å². The first-order valence-corrected chi connectivity index (χ1v) is 7.51. The van der Waals surface area contributed by atoms with Crippen LogP contribution in [0.2, 0.25) is 0 Å². The van der Waals surface area contributed by atoms with Crippen molar-refractivity contribution in [1.82, 2.24) is 5.32 Å². The third-order valence-corrected chi connectivity index (χ3v) is 5.71. The van der Waals surface area contributed by atoms with Crippen molar-refractivity contribution >= 4 is 5.97 Å². The van der Waals surface area contributed by atoms with E-state index in [4.69, 9.17) is 4.74 Å². The fraction of sp³-hybridized carbons (Fsp3) is 0.938. The molecule has 0 aromatic carbocycles. The molecule has 0 aliphatic heterocycles. The molecule has 0 amide bonds. The number of fused-ring (bicyclic) bond motifs is 2. The van der Waals surface area contributed by atoms with Gasteiger partial charge in [-0.3, -0.25) is 4.79 Å². The normalized spacial score (nSPS) is 36.5. The zero-order valence-electron chi connectivity index (χ0n) is 13.3. The minimum atomic E-state index is -0.392. The van der Waals surface area contributed by atoms with Gasteiger partial charge in [0.15, 0.2) is 0 Å². The maximum atomic E-state index is 11.8. The van der Waals surface area contributed by atoms with Crippen LogP contribution in [0.5, 0.6) is 0 Å². The fourth-order valence-corrected chi connectivity index (χ4v) is 4.10. The molecule has 2 fully saturated rings. The van der Waals surface area contributed by atoms with Crippen LogP contribution in [0, 0.1) is 16.7 Å². The lowest BCUT2D eigenvalue weighted by Crippen LogP contribution is -2.46. The van der Waals surface area contributed by atoms with Gasteiger partial charge in [0.2, 0.25) is 0 Å². The van der Waals surface area contributed by atoms with Crippen LogP contribution in [0.25, 0.3) is 0 Å². The highest BCUT2D eigenvalue weighted by atomic mass is 16.6. The second-order valence-corrected chi connectivity index (χ2v) is 8.13. The molecule has 2 rings (SSSR count). The molecule has 2 bridgehead atoms. The van der Waals surface area contributed by atoms with E-state index in [1.807, 2.05) is 20.8 Å². The maximum Gasteiger partial charge on any atom is 0.320 e. The number of ether oxygens (including phenoxy) is 1. The van der Waals surface area contributed by atoms with Crippen LogP contribution in [0.4, 0.5) is 0 Å². The SMILES string of the molecule is CC(C)(C)OC(=O)CNC1CC2CCC1(C)C2(C)C. The molecule has 110 valence electrons. The Kier molecular flexibility index (Phi) is 3.49. The summed E-state index contributed by atoms with van der Waals surface area (Å²) in [5.41, 5.74) is 0.314. The summed E-state index contributed by atoms with van der Waals surface area (Å²) < 4.78 is 5.36. The maximum absolute atomic E-state index is 11.8. The van der Waals surface area contributed by atoms with Gasteiger partial charge in [0.25, 0.3) is 0 Å². The second-order valence-electron chi connectivity index (χ2n) is 8.13. The van der Waals surface area contributed by atoms with Crippen molar-refractivity contribution in [3.63, 3.8) is 0 Å². The number of hydrogen-bond donors (Lipinski definition) is 1. The lowest BCUT2D eigenvalue weighted by Gasteiger charge is -2.39. The fourth-order valence-electron chi connectivity index (χ4n) is 4.10. The Morgan fingerprint density at radius 1 is 1.32 bits per heavy atom. The molecular weight excluding hydrogens is 238 g/mol. The lowest BCUT2D eigenvalue weighted by molar-refractivity contribution is -0.153. The standard InChI is InChI=1S/C16H29NO2/c1-14(2,3)19-13(18)10-17-12-9-11-7-8-16(12,6)15(11,4)5/h11-12,17H,7-10H2,1-6H3. The minimum absolute atomic E-state index is 0.142. The number of nitrogens with one attached hydrogen (secondary N) is 1. The highest BCUT2D eigenvalue weighted by Crippen LogP contribution is 2.65. The molecule has 0 radical (unpaired) electrons. The summed E-state index contributed by atoms with van der Waals surface area (Å²) in [5, 5.41) is 3.46. The summed E-state index contributed by atoms with van der Waals surface area (Å²) in [5.74, 6) is 0.658. The molecule has 0 aromatic rings. The van der Waals surface area contributed by atoms with Crippen molar-refractivity contribution in [3.05, 3.63) is 0 Å². The first-order valence-electron chi connectivity index (χ1n) is 7.51. The molecule has 3 heteroatoms. The molecule has 3 unspecified atom stereocenters. The number of carbonyl (C=O) groups excluding carboxylic acids is 1. The Morgan fingerprint density at radius 2 is 1.95 bits per heavy atom. The van der Waals surface area contributed by atoms with Crippen molar-refractivity contribution in [2.24, 2.45) is 16.7 Å². The third kappa shape index (κ3) is 2.54. The van der Waals surface area contributed by atoms with Crippen LogP contribution in [0.3, 0.4) is 0 Å². The molecule has 2 aliphatic carbocycles. The van der Waals surface area contributed by atoms with Gasteiger partial charge in [-0.2, -0.15) is 0 Å². The van der Waals surface area contributed by atoms with Crippen molar-refractivity contribution in [2.45, 2.75) is 72.4 Å². The van der Waals surface area contributed by atoms with Crippen molar-refractivity contribution < 1.29 is 9.53 Å². The number of hydrogen-bond acceptors (Lipinski definition) is 3. The second kappa shape index (κ2) is 4.47. The monoisotopic (exact) mass is 267 g/mol. The predicted octanol–water partition coefficient (Wildman–Crippen LogP) is 3.13. The Bertz CT molecular complexity index is 369. The van der Waals surface area contributed by atoms with E-state index in [1.54, 1.807) is 0 Å². The van der Waals surface area contributed by atoms with E-state index in [-0.39, 0.29) is 5.97 Å². The van der Waals surface area contributed by atoms with Gasteiger partial charge in [-0.1, -0.05) is 20.8 Å². The highest BCUT2D eigenvalue weighted by Gasteiger charge is 2.61. The Labute approximate surface area is 117 Å².